The molecule has 0 saturated carbocycles. The predicted octanol–water partition coefficient (Wildman–Crippen LogP) is 0.921. The minimum atomic E-state index is -3.11. The van der Waals surface area contributed by atoms with Gasteiger partial charge < -0.3 is 10.2 Å². The van der Waals surface area contributed by atoms with Crippen LogP contribution in [0.2, 0.25) is 0 Å². The topological polar surface area (TPSA) is 49.4 Å². The van der Waals surface area contributed by atoms with E-state index in [1.807, 2.05) is 6.07 Å². The zero-order chi connectivity index (χ0) is 11.6. The molecule has 0 amide bonds. The summed E-state index contributed by atoms with van der Waals surface area (Å²) in [6.45, 7) is 3.74. The number of anilines is 1. The Balaban J connectivity index is 0.00000144. The molecule has 1 aromatic rings. The van der Waals surface area contributed by atoms with E-state index in [1.165, 1.54) is 6.26 Å². The fourth-order valence-electron chi connectivity index (χ4n) is 1.83. The van der Waals surface area contributed by atoms with Crippen LogP contribution in [0.1, 0.15) is 0 Å². The summed E-state index contributed by atoms with van der Waals surface area (Å²) in [6, 6.07) is 7.15. The van der Waals surface area contributed by atoms with Crippen molar-refractivity contribution in [1.29, 1.82) is 0 Å². The maximum atomic E-state index is 11.4. The van der Waals surface area contributed by atoms with E-state index in [-0.39, 0.29) is 12.4 Å². The van der Waals surface area contributed by atoms with Crippen molar-refractivity contribution in [3.05, 3.63) is 24.3 Å². The number of halogens is 1. The van der Waals surface area contributed by atoms with E-state index < -0.39 is 9.84 Å². The average Bonchev–Trinajstić information content (AvgIpc) is 2.29. The molecule has 2 rings (SSSR count). The van der Waals surface area contributed by atoms with Crippen LogP contribution >= 0.6 is 12.4 Å². The van der Waals surface area contributed by atoms with Gasteiger partial charge in [-0.2, -0.15) is 0 Å². The van der Waals surface area contributed by atoms with Gasteiger partial charge in [-0.25, -0.2) is 8.42 Å². The lowest BCUT2D eigenvalue weighted by atomic mass is 10.2. The molecular formula is C11H17ClN2O2S. The van der Waals surface area contributed by atoms with Crippen LogP contribution in [0.5, 0.6) is 0 Å². The van der Waals surface area contributed by atoms with E-state index in [1.54, 1.807) is 18.2 Å². The van der Waals surface area contributed by atoms with Crippen molar-refractivity contribution in [3.8, 4) is 0 Å². The van der Waals surface area contributed by atoms with Crippen LogP contribution in [0.25, 0.3) is 0 Å². The smallest absolute Gasteiger partial charge is 0.175 e. The van der Waals surface area contributed by atoms with Gasteiger partial charge in [0.1, 0.15) is 0 Å². The van der Waals surface area contributed by atoms with Crippen LogP contribution < -0.4 is 10.2 Å². The first-order chi connectivity index (χ1) is 7.57. The Morgan fingerprint density at radius 2 is 1.88 bits per heavy atom. The maximum absolute atomic E-state index is 11.4. The van der Waals surface area contributed by atoms with E-state index in [0.29, 0.717) is 4.90 Å². The zero-order valence-corrected chi connectivity index (χ0v) is 11.4. The molecule has 6 heteroatoms. The van der Waals surface area contributed by atoms with Gasteiger partial charge in [0.25, 0.3) is 0 Å². The molecular weight excluding hydrogens is 260 g/mol. The molecule has 0 radical (unpaired) electrons. The molecule has 1 saturated heterocycles. The summed E-state index contributed by atoms with van der Waals surface area (Å²) in [4.78, 5) is 2.59. The quantitative estimate of drug-likeness (QED) is 0.873. The second-order valence-corrected chi connectivity index (χ2v) is 6.02. The van der Waals surface area contributed by atoms with E-state index in [2.05, 4.69) is 10.2 Å². The minimum absolute atomic E-state index is 0. The second kappa shape index (κ2) is 5.71. The Morgan fingerprint density at radius 3 is 2.47 bits per heavy atom. The summed E-state index contributed by atoms with van der Waals surface area (Å²) in [7, 11) is -3.11. The van der Waals surface area contributed by atoms with Crippen LogP contribution in [0.15, 0.2) is 29.2 Å². The second-order valence-electron chi connectivity index (χ2n) is 4.01. The monoisotopic (exact) mass is 276 g/mol. The van der Waals surface area contributed by atoms with Crippen LogP contribution in [-0.4, -0.2) is 40.9 Å². The van der Waals surface area contributed by atoms with Gasteiger partial charge in [0.2, 0.25) is 0 Å². The first kappa shape index (κ1) is 14.3. The molecule has 0 aromatic heterocycles. The molecule has 0 aliphatic carbocycles. The Kier molecular flexibility index (Phi) is 4.80. The van der Waals surface area contributed by atoms with E-state index in [0.717, 1.165) is 31.9 Å². The Bertz CT molecular complexity index is 470. The van der Waals surface area contributed by atoms with Crippen molar-refractivity contribution in [2.75, 3.05) is 37.3 Å². The molecule has 0 bridgehead atoms. The Morgan fingerprint density at radius 1 is 1.24 bits per heavy atom. The fraction of sp³-hybridized carbons (Fsp3) is 0.455. The van der Waals surface area contributed by atoms with E-state index in [4.69, 9.17) is 0 Å². The van der Waals surface area contributed by atoms with Gasteiger partial charge in [0, 0.05) is 38.1 Å². The first-order valence-corrected chi connectivity index (χ1v) is 7.22. The number of hydrogen-bond acceptors (Lipinski definition) is 4. The fourth-order valence-corrected chi connectivity index (χ4v) is 2.49. The summed E-state index contributed by atoms with van der Waals surface area (Å²) >= 11 is 0. The van der Waals surface area contributed by atoms with Crippen molar-refractivity contribution in [1.82, 2.24) is 5.32 Å². The highest BCUT2D eigenvalue weighted by molar-refractivity contribution is 7.90. The number of nitrogens with one attached hydrogen (secondary N) is 1. The van der Waals surface area contributed by atoms with Gasteiger partial charge >= 0.3 is 0 Å². The highest BCUT2D eigenvalue weighted by Crippen LogP contribution is 2.19. The summed E-state index contributed by atoms with van der Waals surface area (Å²) in [5.41, 5.74) is 0.990. The summed E-state index contributed by atoms with van der Waals surface area (Å²) in [6.07, 6.45) is 1.24. The molecule has 1 aliphatic rings. The molecule has 0 atom stereocenters. The molecule has 4 nitrogen and oxygen atoms in total. The first-order valence-electron chi connectivity index (χ1n) is 5.33. The third-order valence-corrected chi connectivity index (χ3v) is 3.84. The minimum Gasteiger partial charge on any atom is -0.369 e. The normalized spacial score (nSPS) is 16.4. The summed E-state index contributed by atoms with van der Waals surface area (Å²) in [5.74, 6) is 0. The van der Waals surface area contributed by atoms with Gasteiger partial charge in [0.15, 0.2) is 9.84 Å². The van der Waals surface area contributed by atoms with Gasteiger partial charge in [-0.3, -0.25) is 0 Å². The number of benzene rings is 1. The lowest BCUT2D eigenvalue weighted by molar-refractivity contribution is 0.588. The van der Waals surface area contributed by atoms with Crippen molar-refractivity contribution >= 4 is 27.9 Å². The summed E-state index contributed by atoms with van der Waals surface area (Å²) < 4.78 is 22.9. The maximum Gasteiger partial charge on any atom is 0.175 e. The number of sulfone groups is 1. The van der Waals surface area contributed by atoms with Gasteiger partial charge in [0.05, 0.1) is 4.90 Å². The molecule has 17 heavy (non-hydrogen) atoms. The number of hydrogen-bond donors (Lipinski definition) is 1. The summed E-state index contributed by atoms with van der Waals surface area (Å²) in [5, 5.41) is 3.27. The molecule has 96 valence electrons. The molecule has 1 fully saturated rings. The lowest BCUT2D eigenvalue weighted by Crippen LogP contribution is -2.43. The van der Waals surface area contributed by atoms with Crippen LogP contribution in [0, 0.1) is 0 Å². The molecule has 1 aromatic carbocycles. The zero-order valence-electron chi connectivity index (χ0n) is 9.72. The largest absolute Gasteiger partial charge is 0.369 e. The predicted molar refractivity (Wildman–Crippen MR) is 71.9 cm³/mol. The van der Waals surface area contributed by atoms with Gasteiger partial charge in [-0.1, -0.05) is 6.07 Å². The van der Waals surface area contributed by atoms with Gasteiger partial charge in [-0.05, 0) is 18.2 Å². The number of piperazine rings is 1. The SMILES string of the molecule is CS(=O)(=O)c1cccc(N2CCNCC2)c1.Cl. The third-order valence-electron chi connectivity index (χ3n) is 2.73. The number of nitrogens with zero attached hydrogens (tertiary/aromatic N) is 1. The van der Waals surface area contributed by atoms with Gasteiger partial charge in [-0.15, -0.1) is 12.4 Å². The van der Waals surface area contributed by atoms with Crippen LogP contribution in [-0.2, 0) is 9.84 Å². The van der Waals surface area contributed by atoms with E-state index >= 15 is 0 Å². The standard InChI is InChI=1S/C11H16N2O2S.ClH/c1-16(14,15)11-4-2-3-10(9-11)13-7-5-12-6-8-13;/h2-4,9,12H,5-8H2,1H3;1H. The molecule has 0 spiro atoms. The average molecular weight is 277 g/mol. The van der Waals surface area contributed by atoms with Crippen LogP contribution in [0.3, 0.4) is 0 Å². The molecule has 0 unspecified atom stereocenters. The highest BCUT2D eigenvalue weighted by atomic mass is 35.5. The van der Waals surface area contributed by atoms with E-state index in [9.17, 15) is 8.42 Å². The third kappa shape index (κ3) is 3.59. The molecule has 1 heterocycles. The van der Waals surface area contributed by atoms with Crippen LogP contribution in [0.4, 0.5) is 5.69 Å². The molecule has 1 N–H and O–H groups in total. The highest BCUT2D eigenvalue weighted by Gasteiger charge is 2.13. The van der Waals surface area contributed by atoms with Crippen molar-refractivity contribution in [2.24, 2.45) is 0 Å². The Labute approximate surface area is 108 Å². The molecule has 1 aliphatic heterocycles. The Hall–Kier alpha value is -0.780. The van der Waals surface area contributed by atoms with Crippen molar-refractivity contribution in [3.63, 3.8) is 0 Å². The van der Waals surface area contributed by atoms with Crippen molar-refractivity contribution in [2.45, 2.75) is 4.90 Å². The lowest BCUT2D eigenvalue weighted by Gasteiger charge is -2.29. The van der Waals surface area contributed by atoms with Crippen molar-refractivity contribution < 1.29 is 8.42 Å². The number of rotatable bonds is 2.